The molecule has 0 radical (unpaired) electrons. The minimum atomic E-state index is -1.02. The first-order chi connectivity index (χ1) is 7.49. The summed E-state index contributed by atoms with van der Waals surface area (Å²) in [6.07, 6.45) is 0. The van der Waals surface area contributed by atoms with Gasteiger partial charge in [-0.05, 0) is 18.6 Å². The number of ether oxygens (including phenoxy) is 1. The van der Waals surface area contributed by atoms with Gasteiger partial charge in [-0.15, -0.1) is 0 Å². The maximum absolute atomic E-state index is 10.9. The molecule has 0 heterocycles. The number of carbonyl (C=O) groups is 1. The molecule has 0 aliphatic heterocycles. The van der Waals surface area contributed by atoms with Gasteiger partial charge in [-0.25, -0.2) is 0 Å². The van der Waals surface area contributed by atoms with Gasteiger partial charge in [0.05, 0.1) is 17.5 Å². The molecule has 0 fully saturated rings. The Hall–Kier alpha value is -1.26. The van der Waals surface area contributed by atoms with Gasteiger partial charge in [-0.1, -0.05) is 17.7 Å². The number of hydrogen-bond acceptors (Lipinski definition) is 3. The van der Waals surface area contributed by atoms with Gasteiger partial charge in [0, 0.05) is 12.7 Å². The molecule has 0 aromatic heterocycles. The van der Waals surface area contributed by atoms with Crippen LogP contribution in [0.3, 0.4) is 0 Å². The lowest BCUT2D eigenvalue weighted by Gasteiger charge is -2.15. The fraction of sp³-hybridized carbons (Fsp3) is 0.364. The van der Waals surface area contributed by atoms with E-state index in [-0.39, 0.29) is 17.4 Å². The van der Waals surface area contributed by atoms with Crippen LogP contribution in [0.5, 0.6) is 5.75 Å². The van der Waals surface area contributed by atoms with Gasteiger partial charge >= 0.3 is 5.97 Å². The van der Waals surface area contributed by atoms with E-state index < -0.39 is 11.9 Å². The number of hydrogen-bond donors (Lipinski definition) is 2. The van der Waals surface area contributed by atoms with Gasteiger partial charge in [0.1, 0.15) is 5.75 Å². The Morgan fingerprint density at radius 3 is 2.69 bits per heavy atom. The molecule has 16 heavy (non-hydrogen) atoms. The molecule has 1 rings (SSSR count). The summed E-state index contributed by atoms with van der Waals surface area (Å²) in [7, 11) is 1.50. The zero-order chi connectivity index (χ0) is 12.3. The van der Waals surface area contributed by atoms with Crippen LogP contribution in [0.15, 0.2) is 12.1 Å². The number of benzene rings is 1. The van der Waals surface area contributed by atoms with Crippen molar-refractivity contribution in [3.63, 3.8) is 0 Å². The molecule has 4 nitrogen and oxygen atoms in total. The number of halogens is 1. The summed E-state index contributed by atoms with van der Waals surface area (Å²) in [5.41, 5.74) is 0.932. The van der Waals surface area contributed by atoms with Gasteiger partial charge < -0.3 is 14.9 Å². The molecule has 1 unspecified atom stereocenters. The van der Waals surface area contributed by atoms with Crippen LogP contribution in [0, 0.1) is 0 Å². The highest BCUT2D eigenvalue weighted by Gasteiger charge is 2.22. The van der Waals surface area contributed by atoms with Crippen molar-refractivity contribution in [1.29, 1.82) is 0 Å². The molecule has 2 N–H and O–H groups in total. The summed E-state index contributed by atoms with van der Waals surface area (Å²) in [5.74, 6) is -2.04. The number of carboxylic acid groups (broad SMARTS) is 1. The van der Waals surface area contributed by atoms with E-state index in [9.17, 15) is 9.90 Å². The molecule has 1 atom stereocenters. The lowest BCUT2D eigenvalue weighted by atomic mass is 9.95. The molecule has 0 amide bonds. The average molecular weight is 245 g/mol. The average Bonchev–Trinajstić information content (AvgIpc) is 2.23. The first kappa shape index (κ1) is 12.8. The maximum atomic E-state index is 10.9. The second-order valence-electron chi connectivity index (χ2n) is 3.46. The van der Waals surface area contributed by atoms with Crippen LogP contribution >= 0.6 is 11.6 Å². The van der Waals surface area contributed by atoms with Gasteiger partial charge in [0.25, 0.3) is 0 Å². The van der Waals surface area contributed by atoms with E-state index in [0.717, 1.165) is 0 Å². The smallest absolute Gasteiger partial charge is 0.310 e. The molecule has 5 heteroatoms. The molecule has 0 aliphatic rings. The molecule has 0 saturated carbocycles. The third-order valence-electron chi connectivity index (χ3n) is 2.36. The topological polar surface area (TPSA) is 66.8 Å². The monoisotopic (exact) mass is 244 g/mol. The maximum Gasteiger partial charge on any atom is 0.310 e. The summed E-state index contributed by atoms with van der Waals surface area (Å²) in [5, 5.41) is 18.9. The van der Waals surface area contributed by atoms with E-state index in [2.05, 4.69) is 0 Å². The molecule has 0 bridgehead atoms. The summed E-state index contributed by atoms with van der Waals surface area (Å²) in [4.78, 5) is 10.9. The lowest BCUT2D eigenvalue weighted by molar-refractivity contribution is -0.138. The number of carboxylic acids is 1. The fourth-order valence-electron chi connectivity index (χ4n) is 1.51. The molecule has 1 aromatic rings. The van der Waals surface area contributed by atoms with Crippen molar-refractivity contribution in [3.05, 3.63) is 28.3 Å². The number of aliphatic carboxylic acids is 1. The summed E-state index contributed by atoms with van der Waals surface area (Å²) >= 11 is 5.75. The first-order valence-electron chi connectivity index (χ1n) is 4.71. The van der Waals surface area contributed by atoms with Gasteiger partial charge in [0.2, 0.25) is 0 Å². The third kappa shape index (κ3) is 2.46. The number of aromatic hydroxyl groups is 1. The SMILES string of the molecule is COCc1ccc(Cl)c(O)c1C(C)C(=O)O. The zero-order valence-electron chi connectivity index (χ0n) is 9.03. The Bertz CT molecular complexity index is 403. The van der Waals surface area contributed by atoms with Crippen molar-refractivity contribution in [2.45, 2.75) is 19.4 Å². The van der Waals surface area contributed by atoms with E-state index in [1.165, 1.54) is 20.1 Å². The number of phenols is 1. The highest BCUT2D eigenvalue weighted by molar-refractivity contribution is 6.32. The highest BCUT2D eigenvalue weighted by atomic mass is 35.5. The van der Waals surface area contributed by atoms with Crippen molar-refractivity contribution in [1.82, 2.24) is 0 Å². The molecule has 0 spiro atoms. The van der Waals surface area contributed by atoms with Crippen LogP contribution in [-0.4, -0.2) is 23.3 Å². The van der Waals surface area contributed by atoms with Crippen LogP contribution in [0.4, 0.5) is 0 Å². The third-order valence-corrected chi connectivity index (χ3v) is 2.67. The second-order valence-corrected chi connectivity index (χ2v) is 3.87. The van der Waals surface area contributed by atoms with E-state index in [1.54, 1.807) is 6.07 Å². The van der Waals surface area contributed by atoms with E-state index >= 15 is 0 Å². The number of rotatable bonds is 4. The van der Waals surface area contributed by atoms with E-state index in [4.69, 9.17) is 21.4 Å². The first-order valence-corrected chi connectivity index (χ1v) is 5.08. The molecule has 88 valence electrons. The quantitative estimate of drug-likeness (QED) is 0.853. The molecular formula is C11H13ClO4. The van der Waals surface area contributed by atoms with Crippen LogP contribution < -0.4 is 0 Å². The number of methoxy groups -OCH3 is 1. The number of phenolic OH excluding ortho intramolecular Hbond substituents is 1. The van der Waals surface area contributed by atoms with Crippen LogP contribution in [0.2, 0.25) is 5.02 Å². The van der Waals surface area contributed by atoms with Gasteiger partial charge in [-0.2, -0.15) is 0 Å². The zero-order valence-corrected chi connectivity index (χ0v) is 9.78. The Balaban J connectivity index is 3.30. The van der Waals surface area contributed by atoms with Crippen molar-refractivity contribution in [2.75, 3.05) is 7.11 Å². The minimum Gasteiger partial charge on any atom is -0.506 e. The summed E-state index contributed by atoms with van der Waals surface area (Å²) in [6.45, 7) is 1.73. The standard InChI is InChI=1S/C11H13ClO4/c1-6(11(14)15)9-7(5-16-2)3-4-8(12)10(9)13/h3-4,6,13H,5H2,1-2H3,(H,14,15). The Morgan fingerprint density at radius 2 is 2.19 bits per heavy atom. The van der Waals surface area contributed by atoms with E-state index in [1.807, 2.05) is 0 Å². The van der Waals surface area contributed by atoms with E-state index in [0.29, 0.717) is 11.1 Å². The molecule has 0 saturated heterocycles. The Morgan fingerprint density at radius 1 is 1.56 bits per heavy atom. The molecular weight excluding hydrogens is 232 g/mol. The van der Waals surface area contributed by atoms with Crippen molar-refractivity contribution in [3.8, 4) is 5.75 Å². The normalized spacial score (nSPS) is 12.4. The fourth-order valence-corrected chi connectivity index (χ4v) is 1.68. The van der Waals surface area contributed by atoms with Crippen LogP contribution in [-0.2, 0) is 16.1 Å². The molecule has 0 aliphatic carbocycles. The Labute approximate surface area is 98.4 Å². The van der Waals surface area contributed by atoms with Crippen molar-refractivity contribution >= 4 is 17.6 Å². The summed E-state index contributed by atoms with van der Waals surface area (Å²) < 4.78 is 4.95. The Kier molecular flexibility index (Phi) is 4.15. The van der Waals surface area contributed by atoms with Gasteiger partial charge in [-0.3, -0.25) is 4.79 Å². The van der Waals surface area contributed by atoms with Crippen molar-refractivity contribution in [2.24, 2.45) is 0 Å². The second kappa shape index (κ2) is 5.18. The molecule has 1 aromatic carbocycles. The predicted octanol–water partition coefficient (Wildman–Crippen LogP) is 2.38. The van der Waals surface area contributed by atoms with Gasteiger partial charge in [0.15, 0.2) is 0 Å². The minimum absolute atomic E-state index is 0.142. The lowest BCUT2D eigenvalue weighted by Crippen LogP contribution is -2.11. The van der Waals surface area contributed by atoms with Crippen LogP contribution in [0.25, 0.3) is 0 Å². The highest BCUT2D eigenvalue weighted by Crippen LogP contribution is 2.35. The predicted molar refractivity (Wildman–Crippen MR) is 59.9 cm³/mol. The summed E-state index contributed by atoms with van der Waals surface area (Å²) in [6, 6.07) is 3.17. The van der Waals surface area contributed by atoms with Crippen molar-refractivity contribution < 1.29 is 19.7 Å². The van der Waals surface area contributed by atoms with Crippen LogP contribution in [0.1, 0.15) is 24.0 Å². The largest absolute Gasteiger partial charge is 0.506 e.